The summed E-state index contributed by atoms with van der Waals surface area (Å²) in [6.45, 7) is 15.0. The number of aryl methyl sites for hydroxylation is 2. The van der Waals surface area contributed by atoms with Gasteiger partial charge in [0.05, 0.1) is 17.6 Å². The topological polar surface area (TPSA) is 44.6 Å². The van der Waals surface area contributed by atoms with Crippen molar-refractivity contribution >= 4 is 22.6 Å². The fourth-order valence-corrected chi connectivity index (χ4v) is 5.81. The number of anilines is 1. The molecule has 2 aliphatic heterocycles. The van der Waals surface area contributed by atoms with Gasteiger partial charge in [0.25, 0.3) is 0 Å². The lowest BCUT2D eigenvalue weighted by molar-refractivity contribution is -0.137. The molecule has 0 N–H and O–H groups in total. The molecule has 6 nitrogen and oxygen atoms in total. The van der Waals surface area contributed by atoms with Crippen molar-refractivity contribution in [1.29, 1.82) is 0 Å². The predicted octanol–water partition coefficient (Wildman–Crippen LogP) is 4.79. The zero-order chi connectivity index (χ0) is 24.5. The molecule has 0 unspecified atom stereocenters. The number of likely N-dealkylation sites (tertiary alicyclic amines) is 1. The molecule has 0 saturated carbocycles. The lowest BCUT2D eigenvalue weighted by Crippen LogP contribution is -2.51. The van der Waals surface area contributed by atoms with Crippen LogP contribution < -0.4 is 4.90 Å². The zero-order valence-electron chi connectivity index (χ0n) is 21.7. The van der Waals surface area contributed by atoms with Crippen molar-refractivity contribution < 1.29 is 4.79 Å². The first-order valence-electron chi connectivity index (χ1n) is 13.2. The Balaban J connectivity index is 1.16. The highest BCUT2D eigenvalue weighted by Crippen LogP contribution is 2.27. The maximum atomic E-state index is 13.3. The van der Waals surface area contributed by atoms with Gasteiger partial charge in [-0.3, -0.25) is 9.69 Å². The van der Waals surface area contributed by atoms with Crippen LogP contribution in [0.5, 0.6) is 0 Å². The van der Waals surface area contributed by atoms with Gasteiger partial charge in [0.1, 0.15) is 5.82 Å². The van der Waals surface area contributed by atoms with Crippen molar-refractivity contribution in [3.63, 3.8) is 0 Å². The van der Waals surface area contributed by atoms with E-state index >= 15 is 0 Å². The normalized spacial score (nSPS) is 18.1. The van der Waals surface area contributed by atoms with Gasteiger partial charge in [0, 0.05) is 43.8 Å². The van der Waals surface area contributed by atoms with Crippen LogP contribution in [0.2, 0.25) is 0 Å². The highest BCUT2D eigenvalue weighted by Gasteiger charge is 2.31. The maximum Gasteiger partial charge on any atom is 0.225 e. The van der Waals surface area contributed by atoms with Gasteiger partial charge in [-0.1, -0.05) is 24.3 Å². The third-order valence-corrected chi connectivity index (χ3v) is 7.78. The Bertz CT molecular complexity index is 1180. The number of para-hydroxylation sites is 2. The van der Waals surface area contributed by atoms with Crippen LogP contribution in [-0.2, 0) is 11.3 Å². The number of hydrogen-bond acceptors (Lipinski definition) is 4. The Morgan fingerprint density at radius 1 is 0.971 bits per heavy atom. The molecule has 5 rings (SSSR count). The first-order valence-corrected chi connectivity index (χ1v) is 13.2. The van der Waals surface area contributed by atoms with Gasteiger partial charge in [-0.15, -0.1) is 0 Å². The minimum atomic E-state index is 0.155. The molecule has 1 aromatic heterocycles. The van der Waals surface area contributed by atoms with E-state index in [9.17, 15) is 4.79 Å². The van der Waals surface area contributed by atoms with Crippen molar-refractivity contribution in [2.45, 2.75) is 53.1 Å². The number of piperazine rings is 1. The second kappa shape index (κ2) is 10.0. The molecule has 2 aliphatic rings. The molecule has 3 aromatic rings. The van der Waals surface area contributed by atoms with Crippen LogP contribution in [0.1, 0.15) is 49.7 Å². The molecule has 0 atom stereocenters. The van der Waals surface area contributed by atoms with E-state index in [1.807, 2.05) is 0 Å². The van der Waals surface area contributed by atoms with Crippen molar-refractivity contribution in [2.24, 2.45) is 5.92 Å². The number of amides is 1. The van der Waals surface area contributed by atoms with Crippen LogP contribution in [0.15, 0.2) is 42.5 Å². The van der Waals surface area contributed by atoms with Crippen LogP contribution in [0.25, 0.3) is 11.0 Å². The summed E-state index contributed by atoms with van der Waals surface area (Å²) < 4.78 is 2.36. The van der Waals surface area contributed by atoms with Crippen LogP contribution in [0.4, 0.5) is 5.69 Å². The largest absolute Gasteiger partial charge is 0.368 e. The van der Waals surface area contributed by atoms with Gasteiger partial charge < -0.3 is 14.4 Å². The van der Waals surface area contributed by atoms with E-state index in [2.05, 4.69) is 89.4 Å². The van der Waals surface area contributed by atoms with Crippen LogP contribution in [0, 0.1) is 19.8 Å². The molecule has 35 heavy (non-hydrogen) atoms. The molecule has 0 spiro atoms. The third-order valence-electron chi connectivity index (χ3n) is 7.78. The fraction of sp³-hybridized carbons (Fsp3) is 0.517. The van der Waals surface area contributed by atoms with Crippen LogP contribution in [0.3, 0.4) is 0 Å². The van der Waals surface area contributed by atoms with Crippen molar-refractivity contribution in [2.75, 3.05) is 44.2 Å². The van der Waals surface area contributed by atoms with Crippen LogP contribution in [-0.4, -0.2) is 64.5 Å². The fourth-order valence-electron chi connectivity index (χ4n) is 5.81. The van der Waals surface area contributed by atoms with Gasteiger partial charge in [0.2, 0.25) is 5.91 Å². The summed E-state index contributed by atoms with van der Waals surface area (Å²) in [5.41, 5.74) is 6.20. The van der Waals surface area contributed by atoms with Crippen molar-refractivity contribution in [1.82, 2.24) is 19.4 Å². The predicted molar refractivity (Wildman–Crippen MR) is 143 cm³/mol. The number of hydrogen-bond donors (Lipinski definition) is 0. The quantitative estimate of drug-likeness (QED) is 0.534. The van der Waals surface area contributed by atoms with E-state index in [-0.39, 0.29) is 5.92 Å². The lowest BCUT2D eigenvalue weighted by Gasteiger charge is -2.39. The number of carbonyl (C=O) groups excluding carboxylic acids is 1. The van der Waals surface area contributed by atoms with Gasteiger partial charge in [-0.05, 0) is 83.0 Å². The van der Waals surface area contributed by atoms with Crippen molar-refractivity contribution in [3.05, 3.63) is 59.4 Å². The first kappa shape index (κ1) is 23.9. The molecule has 2 aromatic carbocycles. The zero-order valence-corrected chi connectivity index (χ0v) is 21.7. The minimum Gasteiger partial charge on any atom is -0.368 e. The Kier molecular flexibility index (Phi) is 6.83. The Labute approximate surface area is 209 Å². The second-order valence-electron chi connectivity index (χ2n) is 10.6. The molecule has 0 aliphatic carbocycles. The molecule has 2 fully saturated rings. The van der Waals surface area contributed by atoms with Crippen LogP contribution >= 0.6 is 0 Å². The third kappa shape index (κ3) is 4.94. The molecule has 186 valence electrons. The van der Waals surface area contributed by atoms with Crippen molar-refractivity contribution in [3.8, 4) is 0 Å². The number of rotatable bonds is 5. The molecule has 6 heteroatoms. The highest BCUT2D eigenvalue weighted by molar-refractivity contribution is 5.79. The van der Waals surface area contributed by atoms with E-state index in [1.54, 1.807) is 0 Å². The van der Waals surface area contributed by atoms with E-state index in [0.29, 0.717) is 11.9 Å². The average Bonchev–Trinajstić information content (AvgIpc) is 3.24. The number of fused-ring (bicyclic) bond motifs is 1. The Morgan fingerprint density at radius 2 is 1.69 bits per heavy atom. The smallest absolute Gasteiger partial charge is 0.225 e. The number of carbonyl (C=O) groups is 1. The monoisotopic (exact) mass is 473 g/mol. The summed E-state index contributed by atoms with van der Waals surface area (Å²) >= 11 is 0. The summed E-state index contributed by atoms with van der Waals surface area (Å²) in [6, 6.07) is 15.4. The summed E-state index contributed by atoms with van der Waals surface area (Å²) in [5, 5.41) is 0. The molecular formula is C29H39N5O. The summed E-state index contributed by atoms with van der Waals surface area (Å²) in [7, 11) is 0. The highest BCUT2D eigenvalue weighted by atomic mass is 16.2. The summed E-state index contributed by atoms with van der Waals surface area (Å²) in [6.07, 6.45) is 1.88. The molecule has 0 radical (unpaired) electrons. The number of aromatic nitrogens is 2. The summed E-state index contributed by atoms with van der Waals surface area (Å²) in [5.74, 6) is 1.65. The van der Waals surface area contributed by atoms with Gasteiger partial charge in [-0.25, -0.2) is 4.98 Å². The Morgan fingerprint density at radius 3 is 2.40 bits per heavy atom. The minimum absolute atomic E-state index is 0.155. The number of benzene rings is 2. The Hall–Kier alpha value is -2.86. The standard InChI is InChI=1S/C29H39N5O/c1-21(2)34-26-8-6-5-7-25(26)30-28(34)20-31-13-11-24(12-14-31)29(35)33-17-15-32(16-18-33)27-19-22(3)9-10-23(27)4/h5-10,19,21,24H,11-18,20H2,1-4H3. The maximum absolute atomic E-state index is 13.3. The second-order valence-corrected chi connectivity index (χ2v) is 10.6. The SMILES string of the molecule is Cc1ccc(C)c(N2CCN(C(=O)C3CCN(Cc4nc5ccccc5n4C(C)C)CC3)CC2)c1. The van der Waals surface area contributed by atoms with E-state index in [4.69, 9.17) is 4.98 Å². The lowest BCUT2D eigenvalue weighted by atomic mass is 9.95. The van der Waals surface area contributed by atoms with Gasteiger partial charge >= 0.3 is 0 Å². The summed E-state index contributed by atoms with van der Waals surface area (Å²) in [4.78, 5) is 25.3. The van der Waals surface area contributed by atoms with E-state index in [0.717, 1.165) is 70.0 Å². The van der Waals surface area contributed by atoms with E-state index < -0.39 is 0 Å². The van der Waals surface area contributed by atoms with Gasteiger partial charge in [-0.2, -0.15) is 0 Å². The average molecular weight is 474 g/mol. The van der Waals surface area contributed by atoms with E-state index in [1.165, 1.54) is 22.3 Å². The number of imidazole rings is 1. The molecule has 1 amide bonds. The molecule has 3 heterocycles. The number of piperidine rings is 1. The van der Waals surface area contributed by atoms with Gasteiger partial charge in [0.15, 0.2) is 0 Å². The number of nitrogens with zero attached hydrogens (tertiary/aromatic N) is 5. The molecule has 2 saturated heterocycles. The molecular weight excluding hydrogens is 434 g/mol. The molecule has 0 bridgehead atoms. The first-order chi connectivity index (χ1) is 16.9.